The van der Waals surface area contributed by atoms with Crippen LogP contribution in [-0.4, -0.2) is 30.8 Å². The van der Waals surface area contributed by atoms with Crippen molar-refractivity contribution in [3.63, 3.8) is 0 Å². The largest absolute Gasteiger partial charge is 0.377 e. The Morgan fingerprint density at radius 1 is 1.41 bits per heavy atom. The molecule has 17 heavy (non-hydrogen) atoms. The number of nitrogens with zero attached hydrogens (tertiary/aromatic N) is 2. The van der Waals surface area contributed by atoms with Gasteiger partial charge in [-0.3, -0.25) is 0 Å². The quantitative estimate of drug-likeness (QED) is 0.779. The van der Waals surface area contributed by atoms with Crippen molar-refractivity contribution in [3.8, 4) is 0 Å². The number of aromatic nitrogens is 1. The van der Waals surface area contributed by atoms with Crippen molar-refractivity contribution in [2.45, 2.75) is 19.4 Å². The molecule has 1 aliphatic heterocycles. The molecule has 2 heterocycles. The van der Waals surface area contributed by atoms with E-state index < -0.39 is 0 Å². The van der Waals surface area contributed by atoms with Gasteiger partial charge >= 0.3 is 0 Å². The van der Waals surface area contributed by atoms with Gasteiger partial charge in [0.2, 0.25) is 0 Å². The van der Waals surface area contributed by atoms with Crippen LogP contribution in [0, 0.1) is 0 Å². The second kappa shape index (κ2) is 5.61. The summed E-state index contributed by atoms with van der Waals surface area (Å²) in [4.78, 5) is 6.40. The Labute approximate surface area is 116 Å². The first-order valence-corrected chi connectivity index (χ1v) is 6.62. The number of ether oxygens (including phenoxy) is 1. The van der Waals surface area contributed by atoms with E-state index in [0.717, 1.165) is 13.0 Å². The first kappa shape index (κ1) is 13.2. The van der Waals surface area contributed by atoms with E-state index >= 15 is 0 Å². The zero-order chi connectivity index (χ0) is 12.4. The summed E-state index contributed by atoms with van der Waals surface area (Å²) in [6, 6.07) is 1.92. The van der Waals surface area contributed by atoms with Gasteiger partial charge in [-0.25, -0.2) is 4.98 Å². The summed E-state index contributed by atoms with van der Waals surface area (Å²) in [5.41, 5.74) is 0. The Hall–Kier alpha value is -0.220. The number of pyridine rings is 1. The fraction of sp³-hybridized carbons (Fsp3) is 0.545. The van der Waals surface area contributed by atoms with E-state index in [1.54, 1.807) is 6.07 Å². The van der Waals surface area contributed by atoms with E-state index in [2.05, 4.69) is 16.8 Å². The lowest BCUT2D eigenvalue weighted by atomic mass is 10.2. The standard InChI is InChI=1S/C11H13Cl3N2O/c1-2-7-6-17-4-3-16(7)11-9(13)5-8(12)10(14)15-11/h5,7H,2-4,6H2,1H3. The monoisotopic (exact) mass is 294 g/mol. The van der Waals surface area contributed by atoms with Crippen LogP contribution in [0.5, 0.6) is 0 Å². The predicted molar refractivity (Wildman–Crippen MR) is 71.5 cm³/mol. The maximum Gasteiger partial charge on any atom is 0.150 e. The van der Waals surface area contributed by atoms with Crippen LogP contribution in [-0.2, 0) is 4.74 Å². The molecule has 0 aromatic carbocycles. The molecule has 0 N–H and O–H groups in total. The van der Waals surface area contributed by atoms with E-state index in [9.17, 15) is 0 Å². The number of hydrogen-bond acceptors (Lipinski definition) is 3. The molecule has 1 atom stereocenters. The molecule has 1 saturated heterocycles. The molecule has 1 fully saturated rings. The maximum atomic E-state index is 6.17. The number of anilines is 1. The van der Waals surface area contributed by atoms with Gasteiger partial charge in [-0.05, 0) is 12.5 Å². The predicted octanol–water partition coefficient (Wildman–Crippen LogP) is 3.66. The van der Waals surface area contributed by atoms with E-state index in [4.69, 9.17) is 39.5 Å². The fourth-order valence-electron chi connectivity index (χ4n) is 1.91. The average molecular weight is 296 g/mol. The van der Waals surface area contributed by atoms with Gasteiger partial charge in [0.25, 0.3) is 0 Å². The van der Waals surface area contributed by atoms with Crippen molar-refractivity contribution in [1.82, 2.24) is 4.98 Å². The van der Waals surface area contributed by atoms with Crippen molar-refractivity contribution in [3.05, 3.63) is 21.3 Å². The molecule has 1 aromatic rings. The first-order valence-electron chi connectivity index (χ1n) is 5.49. The van der Waals surface area contributed by atoms with Crippen LogP contribution in [0.2, 0.25) is 15.2 Å². The maximum absolute atomic E-state index is 6.17. The Bertz CT molecular complexity index is 414. The fourth-order valence-corrected chi connectivity index (χ4v) is 2.51. The van der Waals surface area contributed by atoms with Gasteiger partial charge < -0.3 is 9.64 Å². The van der Waals surface area contributed by atoms with Gasteiger partial charge in [0.15, 0.2) is 0 Å². The molecule has 1 aliphatic rings. The van der Waals surface area contributed by atoms with Gasteiger partial charge in [0.1, 0.15) is 11.0 Å². The summed E-state index contributed by atoms with van der Waals surface area (Å²) in [6.07, 6.45) is 0.970. The molecule has 1 aromatic heterocycles. The molecular formula is C11H13Cl3N2O. The smallest absolute Gasteiger partial charge is 0.150 e. The topological polar surface area (TPSA) is 25.4 Å². The van der Waals surface area contributed by atoms with Crippen LogP contribution in [0.3, 0.4) is 0 Å². The summed E-state index contributed by atoms with van der Waals surface area (Å²) < 4.78 is 5.45. The molecule has 0 aliphatic carbocycles. The van der Waals surface area contributed by atoms with Gasteiger partial charge in [0.05, 0.1) is 29.3 Å². The molecule has 2 rings (SSSR count). The number of rotatable bonds is 2. The minimum Gasteiger partial charge on any atom is -0.377 e. The van der Waals surface area contributed by atoms with Crippen molar-refractivity contribution >= 4 is 40.6 Å². The molecule has 3 nitrogen and oxygen atoms in total. The zero-order valence-corrected chi connectivity index (χ0v) is 11.7. The highest BCUT2D eigenvalue weighted by Gasteiger charge is 2.25. The third-order valence-electron chi connectivity index (χ3n) is 2.84. The van der Waals surface area contributed by atoms with E-state index in [1.165, 1.54) is 0 Å². The van der Waals surface area contributed by atoms with Crippen LogP contribution in [0.4, 0.5) is 5.82 Å². The number of halogens is 3. The lowest BCUT2D eigenvalue weighted by Crippen LogP contribution is -2.45. The van der Waals surface area contributed by atoms with Crippen LogP contribution in [0.15, 0.2) is 6.07 Å². The Morgan fingerprint density at radius 2 is 2.18 bits per heavy atom. The van der Waals surface area contributed by atoms with Gasteiger partial charge in [-0.15, -0.1) is 0 Å². The second-order valence-electron chi connectivity index (χ2n) is 3.90. The Morgan fingerprint density at radius 3 is 2.88 bits per heavy atom. The van der Waals surface area contributed by atoms with Crippen molar-refractivity contribution < 1.29 is 4.74 Å². The van der Waals surface area contributed by atoms with Crippen molar-refractivity contribution in [1.29, 1.82) is 0 Å². The summed E-state index contributed by atoms with van der Waals surface area (Å²) in [5, 5.41) is 1.19. The lowest BCUT2D eigenvalue weighted by molar-refractivity contribution is 0.0926. The summed E-state index contributed by atoms with van der Waals surface area (Å²) in [7, 11) is 0. The lowest BCUT2D eigenvalue weighted by Gasteiger charge is -2.36. The minimum atomic E-state index is 0.283. The molecule has 0 bridgehead atoms. The number of morpholine rings is 1. The summed E-state index contributed by atoms with van der Waals surface area (Å²) >= 11 is 18.0. The molecule has 0 saturated carbocycles. The van der Waals surface area contributed by atoms with Crippen molar-refractivity contribution in [2.75, 3.05) is 24.7 Å². The Balaban J connectivity index is 2.34. The van der Waals surface area contributed by atoms with Crippen LogP contribution >= 0.6 is 34.8 Å². The third kappa shape index (κ3) is 2.79. The van der Waals surface area contributed by atoms with E-state index in [-0.39, 0.29) is 11.2 Å². The molecule has 0 radical (unpaired) electrons. The van der Waals surface area contributed by atoms with Crippen LogP contribution < -0.4 is 4.90 Å². The van der Waals surface area contributed by atoms with Gasteiger partial charge in [-0.2, -0.15) is 0 Å². The number of hydrogen-bond donors (Lipinski definition) is 0. The third-order valence-corrected chi connectivity index (χ3v) is 3.79. The van der Waals surface area contributed by atoms with E-state index in [0.29, 0.717) is 29.1 Å². The first-order chi connectivity index (χ1) is 8.13. The van der Waals surface area contributed by atoms with Crippen molar-refractivity contribution in [2.24, 2.45) is 0 Å². The molecule has 1 unspecified atom stereocenters. The SMILES string of the molecule is CCC1COCCN1c1nc(Cl)c(Cl)cc1Cl. The van der Waals surface area contributed by atoms with E-state index in [1.807, 2.05) is 0 Å². The minimum absolute atomic E-state index is 0.283. The summed E-state index contributed by atoms with van der Waals surface area (Å²) in [5.74, 6) is 0.691. The molecule has 94 valence electrons. The zero-order valence-electron chi connectivity index (χ0n) is 9.42. The van der Waals surface area contributed by atoms with Gasteiger partial charge in [0, 0.05) is 6.54 Å². The molecular weight excluding hydrogens is 282 g/mol. The highest BCUT2D eigenvalue weighted by Crippen LogP contribution is 2.33. The second-order valence-corrected chi connectivity index (χ2v) is 5.07. The van der Waals surface area contributed by atoms with Crippen LogP contribution in [0.25, 0.3) is 0 Å². The highest BCUT2D eigenvalue weighted by atomic mass is 35.5. The molecule has 6 heteroatoms. The average Bonchev–Trinajstić information content (AvgIpc) is 2.34. The Kier molecular flexibility index (Phi) is 4.36. The summed E-state index contributed by atoms with van der Waals surface area (Å²) in [6.45, 7) is 4.24. The van der Waals surface area contributed by atoms with Gasteiger partial charge in [-0.1, -0.05) is 41.7 Å². The normalized spacial score (nSPS) is 20.7. The van der Waals surface area contributed by atoms with Crippen LogP contribution in [0.1, 0.15) is 13.3 Å². The molecule has 0 amide bonds. The molecule has 0 spiro atoms. The highest BCUT2D eigenvalue weighted by molar-refractivity contribution is 6.42.